The fraction of sp³-hybridized carbons (Fsp3) is 1.00. The molecule has 1 unspecified atom stereocenters. The van der Waals surface area contributed by atoms with Crippen LogP contribution in [-0.2, 0) is 4.74 Å². The Hall–Kier alpha value is -0.120. The lowest BCUT2D eigenvalue weighted by molar-refractivity contribution is -0.0398. The van der Waals surface area contributed by atoms with Gasteiger partial charge in [0.1, 0.15) is 0 Å². The van der Waals surface area contributed by atoms with Gasteiger partial charge >= 0.3 is 0 Å². The largest absolute Gasteiger partial charge is 0.392 e. The highest BCUT2D eigenvalue weighted by Crippen LogP contribution is 2.08. The highest BCUT2D eigenvalue weighted by atomic mass is 16.5. The summed E-state index contributed by atoms with van der Waals surface area (Å²) in [4.78, 5) is 2.27. The van der Waals surface area contributed by atoms with Crippen LogP contribution in [0.3, 0.4) is 0 Å². The lowest BCUT2D eigenvalue weighted by Gasteiger charge is -2.33. The predicted octanol–water partition coefficient (Wildman–Crippen LogP) is 0.478. The second-order valence-corrected chi connectivity index (χ2v) is 3.51. The minimum Gasteiger partial charge on any atom is -0.392 e. The monoisotopic (exact) mass is 173 g/mol. The van der Waals surface area contributed by atoms with Crippen molar-refractivity contribution >= 4 is 0 Å². The molecule has 1 heterocycles. The summed E-state index contributed by atoms with van der Waals surface area (Å²) in [6, 6.07) is 0. The van der Waals surface area contributed by atoms with Crippen molar-refractivity contribution in [3.05, 3.63) is 0 Å². The molecule has 1 saturated heterocycles. The van der Waals surface area contributed by atoms with Gasteiger partial charge in [-0.05, 0) is 13.3 Å². The maximum atomic E-state index is 9.18. The van der Waals surface area contributed by atoms with Gasteiger partial charge in [0.25, 0.3) is 0 Å². The van der Waals surface area contributed by atoms with E-state index in [4.69, 9.17) is 4.74 Å². The maximum absolute atomic E-state index is 9.18. The van der Waals surface area contributed by atoms with E-state index < -0.39 is 0 Å². The lowest BCUT2D eigenvalue weighted by Crippen LogP contribution is -2.44. The molecule has 72 valence electrons. The first kappa shape index (κ1) is 9.96. The standard InChI is InChI=1S/C9H19NO2/c1-3-9-7-10(4-5-12-9)6-8(2)11/h8-9,11H,3-7H2,1-2H3/t8-,9?/m1/s1. The molecule has 0 radical (unpaired) electrons. The molecule has 0 aromatic rings. The number of nitrogens with zero attached hydrogens (tertiary/aromatic N) is 1. The SMILES string of the molecule is CCC1CN(C[C@@H](C)O)CCO1. The third kappa shape index (κ3) is 3.09. The molecule has 0 aromatic carbocycles. The van der Waals surface area contributed by atoms with Gasteiger partial charge in [0, 0.05) is 19.6 Å². The molecule has 0 bridgehead atoms. The fourth-order valence-corrected chi connectivity index (χ4v) is 1.57. The summed E-state index contributed by atoms with van der Waals surface area (Å²) in [5.74, 6) is 0. The van der Waals surface area contributed by atoms with E-state index in [1.807, 2.05) is 6.92 Å². The van der Waals surface area contributed by atoms with E-state index in [2.05, 4.69) is 11.8 Å². The zero-order valence-corrected chi connectivity index (χ0v) is 7.99. The Morgan fingerprint density at radius 3 is 3.00 bits per heavy atom. The number of rotatable bonds is 3. The van der Waals surface area contributed by atoms with E-state index in [-0.39, 0.29) is 6.10 Å². The van der Waals surface area contributed by atoms with Crippen molar-refractivity contribution in [2.45, 2.75) is 32.5 Å². The van der Waals surface area contributed by atoms with Gasteiger partial charge in [-0.25, -0.2) is 0 Å². The van der Waals surface area contributed by atoms with Crippen LogP contribution in [0.5, 0.6) is 0 Å². The zero-order chi connectivity index (χ0) is 8.97. The van der Waals surface area contributed by atoms with Gasteiger partial charge in [0.2, 0.25) is 0 Å². The number of hydrogen-bond donors (Lipinski definition) is 1. The zero-order valence-electron chi connectivity index (χ0n) is 7.99. The number of aliphatic hydroxyl groups excluding tert-OH is 1. The fourth-order valence-electron chi connectivity index (χ4n) is 1.57. The molecule has 0 aromatic heterocycles. The molecule has 1 aliphatic rings. The smallest absolute Gasteiger partial charge is 0.0700 e. The summed E-state index contributed by atoms with van der Waals surface area (Å²) < 4.78 is 5.52. The Kier molecular flexibility index (Phi) is 3.98. The van der Waals surface area contributed by atoms with Crippen molar-refractivity contribution < 1.29 is 9.84 Å². The first-order chi connectivity index (χ1) is 5.72. The Morgan fingerprint density at radius 1 is 1.67 bits per heavy atom. The van der Waals surface area contributed by atoms with Gasteiger partial charge < -0.3 is 9.84 Å². The summed E-state index contributed by atoms with van der Waals surface area (Å²) in [5.41, 5.74) is 0. The molecule has 3 heteroatoms. The van der Waals surface area contributed by atoms with Gasteiger partial charge in [0.15, 0.2) is 0 Å². The van der Waals surface area contributed by atoms with Gasteiger partial charge in [0.05, 0.1) is 18.8 Å². The number of aliphatic hydroxyl groups is 1. The summed E-state index contributed by atoms with van der Waals surface area (Å²) in [6.07, 6.45) is 1.22. The van der Waals surface area contributed by atoms with Crippen LogP contribution < -0.4 is 0 Å². The number of ether oxygens (including phenoxy) is 1. The van der Waals surface area contributed by atoms with E-state index in [1.54, 1.807) is 0 Å². The van der Waals surface area contributed by atoms with Gasteiger partial charge in [-0.1, -0.05) is 6.92 Å². The summed E-state index contributed by atoms with van der Waals surface area (Å²) in [6.45, 7) is 7.49. The normalized spacial score (nSPS) is 28.8. The second kappa shape index (κ2) is 4.80. The van der Waals surface area contributed by atoms with E-state index in [1.165, 1.54) is 0 Å². The van der Waals surface area contributed by atoms with Crippen LogP contribution in [-0.4, -0.2) is 48.5 Å². The summed E-state index contributed by atoms with van der Waals surface area (Å²) >= 11 is 0. The number of β-amino-alcohol motifs (C(OH)–C–C–N with tert-alkyl or cyclic N) is 1. The molecule has 0 amide bonds. The predicted molar refractivity (Wildman–Crippen MR) is 48.2 cm³/mol. The van der Waals surface area contributed by atoms with Crippen molar-refractivity contribution in [3.63, 3.8) is 0 Å². The second-order valence-electron chi connectivity index (χ2n) is 3.51. The lowest BCUT2D eigenvalue weighted by atomic mass is 10.2. The Balaban J connectivity index is 2.25. The van der Waals surface area contributed by atoms with Crippen LogP contribution in [0, 0.1) is 0 Å². The van der Waals surface area contributed by atoms with Crippen LogP contribution in [0.2, 0.25) is 0 Å². The Bertz CT molecular complexity index is 128. The molecule has 0 aliphatic carbocycles. The molecular formula is C9H19NO2. The molecule has 1 N–H and O–H groups in total. The van der Waals surface area contributed by atoms with Crippen molar-refractivity contribution in [1.29, 1.82) is 0 Å². The van der Waals surface area contributed by atoms with Crippen molar-refractivity contribution in [2.24, 2.45) is 0 Å². The van der Waals surface area contributed by atoms with Crippen molar-refractivity contribution in [3.8, 4) is 0 Å². The van der Waals surface area contributed by atoms with Crippen molar-refractivity contribution in [1.82, 2.24) is 4.90 Å². The van der Waals surface area contributed by atoms with Crippen LogP contribution in [0.15, 0.2) is 0 Å². The van der Waals surface area contributed by atoms with E-state index in [0.29, 0.717) is 6.10 Å². The van der Waals surface area contributed by atoms with Gasteiger partial charge in [-0.15, -0.1) is 0 Å². The molecule has 2 atom stereocenters. The van der Waals surface area contributed by atoms with Gasteiger partial charge in [-0.2, -0.15) is 0 Å². The third-order valence-electron chi connectivity index (χ3n) is 2.20. The Labute approximate surface area is 74.3 Å². The number of morpholine rings is 1. The highest BCUT2D eigenvalue weighted by molar-refractivity contribution is 4.71. The van der Waals surface area contributed by atoms with Crippen molar-refractivity contribution in [2.75, 3.05) is 26.2 Å². The van der Waals surface area contributed by atoms with E-state index in [9.17, 15) is 5.11 Å². The first-order valence-electron chi connectivity index (χ1n) is 4.74. The van der Waals surface area contributed by atoms with E-state index in [0.717, 1.165) is 32.7 Å². The van der Waals surface area contributed by atoms with Crippen LogP contribution in [0.25, 0.3) is 0 Å². The first-order valence-corrected chi connectivity index (χ1v) is 4.74. The maximum Gasteiger partial charge on any atom is 0.0700 e. The minimum atomic E-state index is -0.222. The minimum absolute atomic E-state index is 0.222. The highest BCUT2D eigenvalue weighted by Gasteiger charge is 2.19. The summed E-state index contributed by atoms with van der Waals surface area (Å²) in [7, 11) is 0. The number of hydrogen-bond acceptors (Lipinski definition) is 3. The average Bonchev–Trinajstić information content (AvgIpc) is 2.03. The molecule has 1 fully saturated rings. The molecular weight excluding hydrogens is 154 g/mol. The summed E-state index contributed by atoms with van der Waals surface area (Å²) in [5, 5.41) is 9.18. The van der Waals surface area contributed by atoms with Crippen LogP contribution in [0.1, 0.15) is 20.3 Å². The molecule has 1 rings (SSSR count). The molecule has 0 saturated carbocycles. The van der Waals surface area contributed by atoms with Crippen LogP contribution >= 0.6 is 0 Å². The molecule has 1 aliphatic heterocycles. The topological polar surface area (TPSA) is 32.7 Å². The van der Waals surface area contributed by atoms with Crippen LogP contribution in [0.4, 0.5) is 0 Å². The van der Waals surface area contributed by atoms with E-state index >= 15 is 0 Å². The Morgan fingerprint density at radius 2 is 2.42 bits per heavy atom. The molecule has 3 nitrogen and oxygen atoms in total. The van der Waals surface area contributed by atoms with Gasteiger partial charge in [-0.3, -0.25) is 4.90 Å². The quantitative estimate of drug-likeness (QED) is 0.673. The third-order valence-corrected chi connectivity index (χ3v) is 2.20. The molecule has 0 spiro atoms. The molecule has 12 heavy (non-hydrogen) atoms. The average molecular weight is 173 g/mol.